The molecule has 3 saturated carbocycles. The molecule has 2 N–H and O–H groups in total. The molecule has 9 nitrogen and oxygen atoms in total. The average Bonchev–Trinajstić information content (AvgIpc) is 3.78. The highest BCUT2D eigenvalue weighted by atomic mass is 16.5. The summed E-state index contributed by atoms with van der Waals surface area (Å²) in [5, 5.41) is 11.5. The van der Waals surface area contributed by atoms with Crippen LogP contribution in [0.4, 0.5) is 10.6 Å². The van der Waals surface area contributed by atoms with Crippen molar-refractivity contribution in [2.75, 3.05) is 25.1 Å². The molecule has 0 saturated heterocycles. The highest BCUT2D eigenvalue weighted by molar-refractivity contribution is 5.94. The number of methoxy groups -OCH3 is 1. The summed E-state index contributed by atoms with van der Waals surface area (Å²) < 4.78 is 11.2. The molecule has 234 valence electrons. The molecule has 2 aromatic heterocycles. The zero-order chi connectivity index (χ0) is 30.6. The number of pyridine rings is 1. The van der Waals surface area contributed by atoms with Crippen molar-refractivity contribution in [3.8, 4) is 17.0 Å². The Kier molecular flexibility index (Phi) is 9.19. The number of oxazole rings is 1. The van der Waals surface area contributed by atoms with Gasteiger partial charge >= 0.3 is 6.09 Å². The molecule has 3 aliphatic rings. The molecule has 2 heterocycles. The normalized spacial score (nSPS) is 23.6. The summed E-state index contributed by atoms with van der Waals surface area (Å²) in [5.41, 5.74) is 4.23. The highest BCUT2D eigenvalue weighted by Crippen LogP contribution is 2.41. The first-order chi connectivity index (χ1) is 21.4. The predicted octanol–water partition coefficient (Wildman–Crippen LogP) is 7.31. The zero-order valence-corrected chi connectivity index (χ0v) is 25.8. The van der Waals surface area contributed by atoms with Crippen LogP contribution in [0.2, 0.25) is 0 Å². The first kappa shape index (κ1) is 30.2. The van der Waals surface area contributed by atoms with Gasteiger partial charge in [0.15, 0.2) is 5.89 Å². The van der Waals surface area contributed by atoms with Gasteiger partial charge in [0.05, 0.1) is 7.11 Å². The molecule has 1 aromatic carbocycles. The molecule has 3 aromatic rings. The number of anilines is 1. The van der Waals surface area contributed by atoms with Crippen LogP contribution in [0.5, 0.6) is 5.75 Å². The molecule has 0 atom stereocenters. The highest BCUT2D eigenvalue weighted by Gasteiger charge is 2.34. The first-order valence-electron chi connectivity index (χ1n) is 16.2. The molecule has 6 rings (SSSR count). The Labute approximate surface area is 259 Å². The van der Waals surface area contributed by atoms with Gasteiger partial charge in [-0.2, -0.15) is 0 Å². The van der Waals surface area contributed by atoms with Crippen LogP contribution in [0, 0.1) is 24.7 Å². The third kappa shape index (κ3) is 7.08. The van der Waals surface area contributed by atoms with Gasteiger partial charge in [0.1, 0.15) is 23.5 Å². The van der Waals surface area contributed by atoms with Gasteiger partial charge in [-0.25, -0.2) is 14.8 Å². The van der Waals surface area contributed by atoms with E-state index in [1.54, 1.807) is 19.6 Å². The second kappa shape index (κ2) is 13.4. The number of carbonyl (C=O) groups is 2. The maximum Gasteiger partial charge on any atom is 0.404 e. The third-order valence-electron chi connectivity index (χ3n) is 9.95. The molecule has 3 fully saturated rings. The minimum atomic E-state index is -0.992. The van der Waals surface area contributed by atoms with Crippen molar-refractivity contribution in [2.45, 2.75) is 83.0 Å². The van der Waals surface area contributed by atoms with E-state index in [-0.39, 0.29) is 17.7 Å². The average molecular weight is 601 g/mol. The van der Waals surface area contributed by atoms with Gasteiger partial charge in [-0.15, -0.1) is 0 Å². The second-order valence-corrected chi connectivity index (χ2v) is 13.0. The van der Waals surface area contributed by atoms with Crippen LogP contribution in [0.15, 0.2) is 47.2 Å². The number of amides is 2. The number of hydrogen-bond donors (Lipinski definition) is 2. The van der Waals surface area contributed by atoms with Gasteiger partial charge in [-0.3, -0.25) is 9.69 Å². The first-order valence-corrected chi connectivity index (χ1v) is 16.2. The van der Waals surface area contributed by atoms with Crippen LogP contribution in [0.3, 0.4) is 0 Å². The monoisotopic (exact) mass is 600 g/mol. The third-order valence-corrected chi connectivity index (χ3v) is 9.95. The van der Waals surface area contributed by atoms with Crippen molar-refractivity contribution < 1.29 is 23.8 Å². The molecule has 0 bridgehead atoms. The van der Waals surface area contributed by atoms with Crippen LogP contribution in [0.25, 0.3) is 11.3 Å². The summed E-state index contributed by atoms with van der Waals surface area (Å²) >= 11 is 0. The minimum Gasteiger partial charge on any atom is -0.496 e. The van der Waals surface area contributed by atoms with Crippen LogP contribution in [-0.4, -0.2) is 47.3 Å². The molecule has 0 aliphatic heterocycles. The minimum absolute atomic E-state index is 0.0892. The van der Waals surface area contributed by atoms with Crippen LogP contribution >= 0.6 is 0 Å². The fraction of sp³-hybridized carbons (Fsp3) is 0.543. The molecule has 0 radical (unpaired) electrons. The van der Waals surface area contributed by atoms with Gasteiger partial charge in [-0.1, -0.05) is 12.1 Å². The lowest BCUT2D eigenvalue weighted by Gasteiger charge is -2.36. The summed E-state index contributed by atoms with van der Waals surface area (Å²) in [7, 11) is 1.71. The molecule has 9 heteroatoms. The lowest BCUT2D eigenvalue weighted by molar-refractivity contribution is -0.123. The standard InChI is InChI=1S/C35H44N4O5/c1-22-17-28(13-14-31(22)43-2)25-7-5-24(6-8-25)20-39(34(40)27-9-3-23(4-10-27)19-37-35(41)42)32-18-29(15-16-36-32)30-21-44-33(38-30)26-11-12-26/h13-18,21,23-27,37H,3-12,19-20H2,1-2H3,(H,41,42). The van der Waals surface area contributed by atoms with Gasteiger partial charge in [0.25, 0.3) is 0 Å². The van der Waals surface area contributed by atoms with Crippen LogP contribution in [0.1, 0.15) is 93.1 Å². The number of benzene rings is 1. The van der Waals surface area contributed by atoms with E-state index < -0.39 is 6.09 Å². The molecular formula is C35H44N4O5. The largest absolute Gasteiger partial charge is 0.496 e. The number of aryl methyl sites for hydroxylation is 1. The Morgan fingerprint density at radius 2 is 1.70 bits per heavy atom. The number of nitrogens with zero attached hydrogens (tertiary/aromatic N) is 3. The van der Waals surface area contributed by atoms with E-state index in [0.717, 1.165) is 87.1 Å². The maximum atomic E-state index is 14.2. The topological polar surface area (TPSA) is 118 Å². The number of rotatable bonds is 10. The molecule has 3 aliphatic carbocycles. The Balaban J connectivity index is 1.17. The Hall–Kier alpha value is -3.88. The van der Waals surface area contributed by atoms with E-state index in [1.807, 2.05) is 17.0 Å². The predicted molar refractivity (Wildman–Crippen MR) is 168 cm³/mol. The molecule has 44 heavy (non-hydrogen) atoms. The molecule has 0 spiro atoms. The van der Waals surface area contributed by atoms with E-state index in [2.05, 4.69) is 30.4 Å². The smallest absolute Gasteiger partial charge is 0.404 e. The van der Waals surface area contributed by atoms with E-state index in [4.69, 9.17) is 24.2 Å². The van der Waals surface area contributed by atoms with Gasteiger partial charge < -0.3 is 19.6 Å². The number of nitrogens with one attached hydrogen (secondary N) is 1. The zero-order valence-electron chi connectivity index (χ0n) is 25.8. The Bertz CT molecular complexity index is 1450. The Morgan fingerprint density at radius 3 is 2.39 bits per heavy atom. The van der Waals surface area contributed by atoms with Crippen molar-refractivity contribution >= 4 is 17.8 Å². The SMILES string of the molecule is COc1ccc(C2CCC(CN(C(=O)C3CCC(CNC(=O)O)CC3)c3cc(-c4coc(C5CC5)n4)ccn3)CC2)cc1C. The number of carboxylic acid groups (broad SMARTS) is 1. The van der Waals surface area contributed by atoms with Crippen molar-refractivity contribution in [3.05, 3.63) is 59.8 Å². The fourth-order valence-electron chi connectivity index (χ4n) is 7.12. The van der Waals surface area contributed by atoms with E-state index in [1.165, 1.54) is 11.1 Å². The van der Waals surface area contributed by atoms with Crippen molar-refractivity contribution in [3.63, 3.8) is 0 Å². The summed E-state index contributed by atoms with van der Waals surface area (Å²) in [6, 6.07) is 10.5. The van der Waals surface area contributed by atoms with Gasteiger partial charge in [0.2, 0.25) is 5.91 Å². The summed E-state index contributed by atoms with van der Waals surface area (Å²) in [6.07, 6.45) is 12.2. The van der Waals surface area contributed by atoms with Crippen molar-refractivity contribution in [1.29, 1.82) is 0 Å². The Morgan fingerprint density at radius 1 is 0.977 bits per heavy atom. The van der Waals surface area contributed by atoms with E-state index in [9.17, 15) is 9.59 Å². The van der Waals surface area contributed by atoms with Crippen molar-refractivity contribution in [1.82, 2.24) is 15.3 Å². The summed E-state index contributed by atoms with van der Waals surface area (Å²) in [5.74, 6) is 4.05. The lowest BCUT2D eigenvalue weighted by atomic mass is 9.77. The van der Waals surface area contributed by atoms with Crippen molar-refractivity contribution in [2.24, 2.45) is 17.8 Å². The number of aromatic nitrogens is 2. The molecular weight excluding hydrogens is 556 g/mol. The molecule has 2 amide bonds. The second-order valence-electron chi connectivity index (χ2n) is 13.0. The fourth-order valence-corrected chi connectivity index (χ4v) is 7.12. The molecule has 0 unspecified atom stereocenters. The number of carbonyl (C=O) groups excluding carboxylic acids is 1. The lowest BCUT2D eigenvalue weighted by Crippen LogP contribution is -2.42. The number of hydrogen-bond acceptors (Lipinski definition) is 6. The van der Waals surface area contributed by atoms with Crippen LogP contribution < -0.4 is 15.0 Å². The van der Waals surface area contributed by atoms with Gasteiger partial charge in [-0.05, 0) is 118 Å². The van der Waals surface area contributed by atoms with E-state index >= 15 is 0 Å². The number of ether oxygens (including phenoxy) is 1. The maximum absolute atomic E-state index is 14.2. The van der Waals surface area contributed by atoms with Crippen LogP contribution in [-0.2, 0) is 4.79 Å². The van der Waals surface area contributed by atoms with E-state index in [0.29, 0.717) is 36.7 Å². The summed E-state index contributed by atoms with van der Waals surface area (Å²) in [4.78, 5) is 36.6. The summed E-state index contributed by atoms with van der Waals surface area (Å²) in [6.45, 7) is 3.19. The van der Waals surface area contributed by atoms with Gasteiger partial charge in [0, 0.05) is 36.7 Å². The quantitative estimate of drug-likeness (QED) is 0.250.